The molecular weight excluding hydrogens is 198 g/mol. The van der Waals surface area contributed by atoms with Gasteiger partial charge in [0.25, 0.3) is 0 Å². The van der Waals surface area contributed by atoms with E-state index in [0.29, 0.717) is 5.56 Å². The minimum atomic E-state index is -1.74. The highest BCUT2D eigenvalue weighted by molar-refractivity contribution is 6.28. The van der Waals surface area contributed by atoms with Gasteiger partial charge in [-0.25, -0.2) is 0 Å². The fourth-order valence-corrected chi connectivity index (χ4v) is 1.79. The molecule has 1 aliphatic rings. The van der Waals surface area contributed by atoms with Crippen LogP contribution < -0.4 is 0 Å². The Morgan fingerprint density at radius 3 is 2.47 bits per heavy atom. The van der Waals surface area contributed by atoms with Crippen molar-refractivity contribution >= 4 is 11.6 Å². The summed E-state index contributed by atoms with van der Waals surface area (Å²) in [7, 11) is 0. The Morgan fingerprint density at radius 1 is 1.27 bits per heavy atom. The Morgan fingerprint density at radius 2 is 1.93 bits per heavy atom. The number of aryl methyl sites for hydroxylation is 1. The summed E-state index contributed by atoms with van der Waals surface area (Å²) in [5, 5.41) is 10.6. The van der Waals surface area contributed by atoms with E-state index in [1.54, 1.807) is 19.1 Å². The van der Waals surface area contributed by atoms with Gasteiger partial charge in [-0.15, -0.1) is 0 Å². The van der Waals surface area contributed by atoms with Gasteiger partial charge in [0.1, 0.15) is 0 Å². The van der Waals surface area contributed by atoms with Crippen molar-refractivity contribution in [2.24, 2.45) is 0 Å². The van der Waals surface area contributed by atoms with E-state index in [0.717, 1.165) is 0 Å². The maximum absolute atomic E-state index is 11.6. The molecule has 0 radical (unpaired) electrons. The van der Waals surface area contributed by atoms with Crippen LogP contribution in [0.15, 0.2) is 18.2 Å². The summed E-state index contributed by atoms with van der Waals surface area (Å²) in [5.74, 6) is -1.40. The molecule has 76 valence electrons. The molecule has 1 aromatic rings. The number of benzene rings is 1. The number of carbonyl (C=O) groups excluding carboxylic acids is 2. The van der Waals surface area contributed by atoms with E-state index in [2.05, 4.69) is 0 Å². The molecule has 0 saturated carbocycles. The van der Waals surface area contributed by atoms with E-state index in [4.69, 9.17) is 0 Å². The minimum absolute atomic E-state index is 0.168. The molecule has 0 amide bonds. The molecule has 0 N–H and O–H groups in total. The highest BCUT2D eigenvalue weighted by atomic mass is 16.6. The lowest BCUT2D eigenvalue weighted by molar-refractivity contribution is -0.488. The summed E-state index contributed by atoms with van der Waals surface area (Å²) in [6.45, 7) is 1.66. The van der Waals surface area contributed by atoms with Gasteiger partial charge in [0.15, 0.2) is 0 Å². The highest BCUT2D eigenvalue weighted by Gasteiger charge is 2.47. The highest BCUT2D eigenvalue weighted by Crippen LogP contribution is 2.26. The van der Waals surface area contributed by atoms with Gasteiger partial charge >= 0.3 is 6.04 Å². The molecule has 15 heavy (non-hydrogen) atoms. The third-order valence-corrected chi connectivity index (χ3v) is 2.49. The van der Waals surface area contributed by atoms with Crippen LogP contribution in [0, 0.1) is 17.0 Å². The van der Waals surface area contributed by atoms with E-state index >= 15 is 0 Å². The molecule has 0 spiro atoms. The quantitative estimate of drug-likeness (QED) is 0.389. The molecule has 0 heterocycles. The maximum Gasteiger partial charge on any atom is 0.336 e. The van der Waals surface area contributed by atoms with Gasteiger partial charge in [-0.05, 0) is 12.5 Å². The van der Waals surface area contributed by atoms with Crippen molar-refractivity contribution < 1.29 is 14.5 Å². The number of nitro groups is 1. The zero-order chi connectivity index (χ0) is 11.2. The van der Waals surface area contributed by atoms with Crippen molar-refractivity contribution in [3.05, 3.63) is 45.0 Å². The van der Waals surface area contributed by atoms with Gasteiger partial charge in [0, 0.05) is 16.1 Å². The number of carbonyl (C=O) groups is 2. The van der Waals surface area contributed by atoms with Gasteiger partial charge in [-0.3, -0.25) is 19.7 Å². The molecule has 5 heteroatoms. The van der Waals surface area contributed by atoms with Gasteiger partial charge in [0.05, 0.1) is 0 Å². The molecular formula is C10H7NO4. The van der Waals surface area contributed by atoms with Crippen molar-refractivity contribution in [1.82, 2.24) is 0 Å². The number of Topliss-reactive ketones (excluding diaryl/α,β-unsaturated/α-hetero) is 2. The summed E-state index contributed by atoms with van der Waals surface area (Å²) in [4.78, 5) is 32.9. The van der Waals surface area contributed by atoms with Crippen molar-refractivity contribution in [2.45, 2.75) is 13.0 Å². The maximum atomic E-state index is 11.6. The lowest BCUT2D eigenvalue weighted by Gasteiger charge is -1.98. The third kappa shape index (κ3) is 1.16. The van der Waals surface area contributed by atoms with Gasteiger partial charge < -0.3 is 0 Å². The normalized spacial score (nSPS) is 19.1. The zero-order valence-corrected chi connectivity index (χ0v) is 7.89. The van der Waals surface area contributed by atoms with Crippen LogP contribution in [0.1, 0.15) is 26.3 Å². The molecule has 0 bridgehead atoms. The predicted molar refractivity (Wildman–Crippen MR) is 50.6 cm³/mol. The van der Waals surface area contributed by atoms with Crippen LogP contribution in [-0.4, -0.2) is 22.5 Å². The number of hydrogen-bond acceptors (Lipinski definition) is 4. The first-order valence-corrected chi connectivity index (χ1v) is 4.35. The monoisotopic (exact) mass is 205 g/mol. The van der Waals surface area contributed by atoms with Crippen molar-refractivity contribution in [3.8, 4) is 0 Å². The van der Waals surface area contributed by atoms with Crippen molar-refractivity contribution in [2.75, 3.05) is 0 Å². The van der Waals surface area contributed by atoms with Crippen LogP contribution in [-0.2, 0) is 0 Å². The minimum Gasteiger partial charge on any atom is -0.286 e. The van der Waals surface area contributed by atoms with Gasteiger partial charge in [0.2, 0.25) is 11.6 Å². The number of fused-ring (bicyclic) bond motifs is 1. The standard InChI is InChI=1S/C10H7NO4/c1-5-3-2-4-6-7(5)10(13)8(9(6)12)11(14)15/h2-4,8H,1H3. The molecule has 2 rings (SSSR count). The number of nitrogens with zero attached hydrogens (tertiary/aromatic N) is 1. The summed E-state index contributed by atoms with van der Waals surface area (Å²) in [6.07, 6.45) is 0. The van der Waals surface area contributed by atoms with Crippen LogP contribution in [0.25, 0.3) is 0 Å². The van der Waals surface area contributed by atoms with Crippen molar-refractivity contribution in [3.63, 3.8) is 0 Å². The topological polar surface area (TPSA) is 77.3 Å². The van der Waals surface area contributed by atoms with Crippen LogP contribution in [0.3, 0.4) is 0 Å². The zero-order valence-electron chi connectivity index (χ0n) is 7.89. The molecule has 0 aliphatic heterocycles. The molecule has 0 saturated heterocycles. The lowest BCUT2D eigenvalue weighted by atomic mass is 10.0. The Hall–Kier alpha value is -2.04. The Balaban J connectivity index is 2.66. The Labute approximate surface area is 84.9 Å². The molecule has 1 atom stereocenters. The average Bonchev–Trinajstić information content (AvgIpc) is 2.40. The fourth-order valence-electron chi connectivity index (χ4n) is 1.79. The largest absolute Gasteiger partial charge is 0.336 e. The molecule has 1 aromatic carbocycles. The van der Waals surface area contributed by atoms with E-state index in [1.807, 2.05) is 0 Å². The second kappa shape index (κ2) is 2.98. The molecule has 1 aliphatic carbocycles. The van der Waals surface area contributed by atoms with E-state index < -0.39 is 22.5 Å². The Kier molecular flexibility index (Phi) is 1.89. The first-order valence-electron chi connectivity index (χ1n) is 4.35. The number of hydrogen-bond donors (Lipinski definition) is 0. The van der Waals surface area contributed by atoms with E-state index in [9.17, 15) is 19.7 Å². The summed E-state index contributed by atoms with van der Waals surface area (Å²) < 4.78 is 0. The summed E-state index contributed by atoms with van der Waals surface area (Å²) in [6, 6.07) is 2.99. The SMILES string of the molecule is Cc1cccc2c1C(=O)C([N+](=O)[O-])C2=O. The van der Waals surface area contributed by atoms with Crippen LogP contribution >= 0.6 is 0 Å². The smallest absolute Gasteiger partial charge is 0.286 e. The average molecular weight is 205 g/mol. The van der Waals surface area contributed by atoms with E-state index in [1.165, 1.54) is 6.07 Å². The second-order valence-electron chi connectivity index (χ2n) is 3.41. The van der Waals surface area contributed by atoms with Crippen molar-refractivity contribution in [1.29, 1.82) is 0 Å². The predicted octanol–water partition coefficient (Wildman–Crippen LogP) is 1.02. The first-order chi connectivity index (χ1) is 7.04. The van der Waals surface area contributed by atoms with E-state index in [-0.39, 0.29) is 11.1 Å². The second-order valence-corrected chi connectivity index (χ2v) is 3.41. The number of rotatable bonds is 1. The summed E-state index contributed by atoms with van der Waals surface area (Å²) >= 11 is 0. The lowest BCUT2D eigenvalue weighted by Crippen LogP contribution is -2.31. The first kappa shape index (κ1) is 9.51. The third-order valence-electron chi connectivity index (χ3n) is 2.49. The van der Waals surface area contributed by atoms with Crippen LogP contribution in [0.5, 0.6) is 0 Å². The molecule has 1 unspecified atom stereocenters. The van der Waals surface area contributed by atoms with Gasteiger partial charge in [-0.1, -0.05) is 18.2 Å². The summed E-state index contributed by atoms with van der Waals surface area (Å²) in [5.41, 5.74) is 0.973. The molecule has 0 aromatic heterocycles. The number of ketones is 2. The Bertz CT molecular complexity index is 492. The van der Waals surface area contributed by atoms with Crippen LogP contribution in [0.2, 0.25) is 0 Å². The van der Waals surface area contributed by atoms with Gasteiger partial charge in [-0.2, -0.15) is 0 Å². The molecule has 5 nitrogen and oxygen atoms in total. The van der Waals surface area contributed by atoms with Crippen LogP contribution in [0.4, 0.5) is 0 Å². The fraction of sp³-hybridized carbons (Fsp3) is 0.200. The molecule has 0 fully saturated rings.